The Morgan fingerprint density at radius 2 is 2.43 bits per heavy atom. The molecule has 0 spiro atoms. The highest BCUT2D eigenvalue weighted by atomic mass is 19.1. The van der Waals surface area contributed by atoms with Gasteiger partial charge in [0.25, 0.3) is 0 Å². The number of rotatable bonds is 4. The van der Waals surface area contributed by atoms with E-state index >= 15 is 0 Å². The number of hydrogen-bond acceptors (Lipinski definition) is 3. The quantitative estimate of drug-likeness (QED) is 0.428. The van der Waals surface area contributed by atoms with Gasteiger partial charge in [0.2, 0.25) is 0 Å². The number of hydrazine groups is 1. The molecule has 1 aromatic rings. The molecular formula is C10H12FN3. The van der Waals surface area contributed by atoms with Crippen LogP contribution in [0.25, 0.3) is 0 Å². The fourth-order valence-electron chi connectivity index (χ4n) is 1.19. The normalized spacial score (nSPS) is 12.1. The largest absolute Gasteiger partial charge is 0.271 e. The first kappa shape index (κ1) is 10.6. The molecule has 0 bridgehead atoms. The molecule has 3 N–H and O–H groups in total. The summed E-state index contributed by atoms with van der Waals surface area (Å²) in [4.78, 5) is 3.74. The Morgan fingerprint density at radius 3 is 3.00 bits per heavy atom. The van der Waals surface area contributed by atoms with Crippen molar-refractivity contribution in [2.75, 3.05) is 0 Å². The van der Waals surface area contributed by atoms with Crippen molar-refractivity contribution in [2.45, 2.75) is 18.9 Å². The van der Waals surface area contributed by atoms with Gasteiger partial charge in [0.05, 0.1) is 6.20 Å². The van der Waals surface area contributed by atoms with Crippen LogP contribution in [0, 0.1) is 18.2 Å². The summed E-state index contributed by atoms with van der Waals surface area (Å²) in [5, 5.41) is 0. The molecule has 0 amide bonds. The lowest BCUT2D eigenvalue weighted by Gasteiger charge is -2.14. The van der Waals surface area contributed by atoms with E-state index in [4.69, 9.17) is 12.3 Å². The van der Waals surface area contributed by atoms with Gasteiger partial charge < -0.3 is 0 Å². The van der Waals surface area contributed by atoms with Crippen molar-refractivity contribution in [1.82, 2.24) is 10.4 Å². The zero-order valence-electron chi connectivity index (χ0n) is 7.70. The molecule has 3 nitrogen and oxygen atoms in total. The standard InChI is InChI=1S/C10H12FN3/c1-2-3-4-10(14-12)8-5-9(11)7-13-6-8/h1,5-7,10,14H,3-4,12H2. The molecule has 74 valence electrons. The summed E-state index contributed by atoms with van der Waals surface area (Å²) in [6, 6.07) is 1.25. The van der Waals surface area contributed by atoms with Crippen molar-refractivity contribution < 1.29 is 4.39 Å². The van der Waals surface area contributed by atoms with Crippen LogP contribution in [0.4, 0.5) is 4.39 Å². The van der Waals surface area contributed by atoms with Gasteiger partial charge in [-0.15, -0.1) is 12.3 Å². The Morgan fingerprint density at radius 1 is 1.64 bits per heavy atom. The summed E-state index contributed by atoms with van der Waals surface area (Å²) in [7, 11) is 0. The van der Waals surface area contributed by atoms with Crippen LogP contribution in [0.3, 0.4) is 0 Å². The minimum absolute atomic E-state index is 0.144. The summed E-state index contributed by atoms with van der Waals surface area (Å²) in [5.74, 6) is 7.46. The van der Waals surface area contributed by atoms with Gasteiger partial charge in [-0.25, -0.2) is 4.39 Å². The van der Waals surface area contributed by atoms with Gasteiger partial charge in [-0.2, -0.15) is 0 Å². The molecule has 0 fully saturated rings. The van der Waals surface area contributed by atoms with Crippen LogP contribution in [-0.4, -0.2) is 4.98 Å². The summed E-state index contributed by atoms with van der Waals surface area (Å²) in [5.41, 5.74) is 3.29. The molecule has 1 unspecified atom stereocenters. The zero-order valence-corrected chi connectivity index (χ0v) is 7.70. The second-order valence-electron chi connectivity index (χ2n) is 2.90. The third-order valence-corrected chi connectivity index (χ3v) is 1.91. The number of aromatic nitrogens is 1. The Kier molecular flexibility index (Phi) is 4.05. The lowest BCUT2D eigenvalue weighted by Crippen LogP contribution is -2.28. The van der Waals surface area contributed by atoms with Gasteiger partial charge in [-0.05, 0) is 18.1 Å². The van der Waals surface area contributed by atoms with Crippen LogP contribution in [0.2, 0.25) is 0 Å². The molecule has 0 saturated heterocycles. The Hall–Kier alpha value is -1.44. The van der Waals surface area contributed by atoms with Crippen molar-refractivity contribution in [3.05, 3.63) is 29.8 Å². The number of nitrogens with one attached hydrogen (secondary N) is 1. The van der Waals surface area contributed by atoms with Crippen molar-refractivity contribution >= 4 is 0 Å². The van der Waals surface area contributed by atoms with Crippen LogP contribution in [0.1, 0.15) is 24.4 Å². The van der Waals surface area contributed by atoms with Gasteiger partial charge in [-0.3, -0.25) is 16.3 Å². The van der Waals surface area contributed by atoms with E-state index in [0.29, 0.717) is 18.4 Å². The predicted molar refractivity (Wildman–Crippen MR) is 52.3 cm³/mol. The molecule has 0 aliphatic heterocycles. The third kappa shape index (κ3) is 2.80. The number of hydrogen-bond donors (Lipinski definition) is 2. The molecule has 1 heterocycles. The highest BCUT2D eigenvalue weighted by molar-refractivity contribution is 5.15. The molecule has 0 aliphatic rings. The zero-order chi connectivity index (χ0) is 10.4. The van der Waals surface area contributed by atoms with Crippen molar-refractivity contribution in [3.63, 3.8) is 0 Å². The van der Waals surface area contributed by atoms with Crippen molar-refractivity contribution in [3.8, 4) is 12.3 Å². The molecule has 1 atom stereocenters. The maximum atomic E-state index is 12.8. The molecule has 0 aromatic carbocycles. The predicted octanol–water partition coefficient (Wildman–Crippen LogP) is 1.14. The van der Waals surface area contributed by atoms with Crippen LogP contribution in [-0.2, 0) is 0 Å². The van der Waals surface area contributed by atoms with E-state index in [9.17, 15) is 4.39 Å². The smallest absolute Gasteiger partial charge is 0.141 e. The molecular weight excluding hydrogens is 181 g/mol. The Balaban J connectivity index is 2.74. The van der Waals surface area contributed by atoms with Crippen LogP contribution >= 0.6 is 0 Å². The van der Waals surface area contributed by atoms with E-state index < -0.39 is 0 Å². The first-order valence-corrected chi connectivity index (χ1v) is 4.28. The minimum Gasteiger partial charge on any atom is -0.271 e. The van der Waals surface area contributed by atoms with Gasteiger partial charge in [0.1, 0.15) is 5.82 Å². The van der Waals surface area contributed by atoms with E-state index in [-0.39, 0.29) is 11.9 Å². The Bertz CT molecular complexity index is 332. The minimum atomic E-state index is -0.372. The maximum absolute atomic E-state index is 12.8. The van der Waals surface area contributed by atoms with Gasteiger partial charge in [-0.1, -0.05) is 0 Å². The first-order valence-electron chi connectivity index (χ1n) is 4.28. The van der Waals surface area contributed by atoms with E-state index in [1.54, 1.807) is 6.20 Å². The third-order valence-electron chi connectivity index (χ3n) is 1.91. The fraction of sp³-hybridized carbons (Fsp3) is 0.300. The average molecular weight is 193 g/mol. The van der Waals surface area contributed by atoms with E-state index in [1.807, 2.05) is 0 Å². The van der Waals surface area contributed by atoms with E-state index in [2.05, 4.69) is 16.3 Å². The summed E-state index contributed by atoms with van der Waals surface area (Å²) < 4.78 is 12.8. The molecule has 1 rings (SSSR count). The highest BCUT2D eigenvalue weighted by Gasteiger charge is 2.09. The van der Waals surface area contributed by atoms with Crippen molar-refractivity contribution in [1.29, 1.82) is 0 Å². The van der Waals surface area contributed by atoms with Gasteiger partial charge in [0.15, 0.2) is 0 Å². The SMILES string of the molecule is C#CCCC(NN)c1cncc(F)c1. The van der Waals surface area contributed by atoms with E-state index in [0.717, 1.165) is 6.20 Å². The second kappa shape index (κ2) is 5.32. The topological polar surface area (TPSA) is 50.9 Å². The molecule has 1 aromatic heterocycles. The van der Waals surface area contributed by atoms with Crippen LogP contribution in [0.15, 0.2) is 18.5 Å². The van der Waals surface area contributed by atoms with Gasteiger partial charge in [0, 0.05) is 18.7 Å². The monoisotopic (exact) mass is 193 g/mol. The summed E-state index contributed by atoms with van der Waals surface area (Å²) in [6.07, 6.45) is 9.11. The molecule has 4 heteroatoms. The summed E-state index contributed by atoms with van der Waals surface area (Å²) >= 11 is 0. The molecule has 0 saturated carbocycles. The first-order chi connectivity index (χ1) is 6.77. The van der Waals surface area contributed by atoms with Crippen LogP contribution < -0.4 is 11.3 Å². The fourth-order valence-corrected chi connectivity index (χ4v) is 1.19. The molecule has 0 aliphatic carbocycles. The average Bonchev–Trinajstić information content (AvgIpc) is 2.19. The maximum Gasteiger partial charge on any atom is 0.141 e. The summed E-state index contributed by atoms with van der Waals surface area (Å²) in [6.45, 7) is 0. The van der Waals surface area contributed by atoms with E-state index in [1.165, 1.54) is 6.07 Å². The highest BCUT2D eigenvalue weighted by Crippen LogP contribution is 2.16. The number of nitrogens with zero attached hydrogens (tertiary/aromatic N) is 1. The molecule has 0 radical (unpaired) electrons. The van der Waals surface area contributed by atoms with Crippen molar-refractivity contribution in [2.24, 2.45) is 5.84 Å². The lowest BCUT2D eigenvalue weighted by atomic mass is 10.1. The second-order valence-corrected chi connectivity index (χ2v) is 2.90. The van der Waals surface area contributed by atoms with Gasteiger partial charge >= 0.3 is 0 Å². The number of nitrogens with two attached hydrogens (primary N) is 1. The molecule has 14 heavy (non-hydrogen) atoms. The number of halogens is 1. The lowest BCUT2D eigenvalue weighted by molar-refractivity contribution is 0.516. The Labute approximate surface area is 82.5 Å². The number of terminal acetylenes is 1. The van der Waals surface area contributed by atoms with Crippen LogP contribution in [0.5, 0.6) is 0 Å². The number of pyridine rings is 1.